The summed E-state index contributed by atoms with van der Waals surface area (Å²) in [6.45, 7) is 3.58. The molecule has 0 saturated heterocycles. The monoisotopic (exact) mass is 202 g/mol. The number of hydrogen-bond donors (Lipinski definition) is 1. The summed E-state index contributed by atoms with van der Waals surface area (Å²) < 4.78 is 25.6. The predicted molar refractivity (Wildman–Crippen MR) is 54.0 cm³/mol. The smallest absolute Gasteiger partial charge is 0.209 e. The highest BCUT2D eigenvalue weighted by atomic mass is 32.2. The predicted octanol–water partition coefficient (Wildman–Crippen LogP) is 1.62. The zero-order valence-corrected chi connectivity index (χ0v) is 8.51. The Kier molecular flexibility index (Phi) is 3.06. The van der Waals surface area contributed by atoms with Crippen molar-refractivity contribution in [3.8, 4) is 0 Å². The molecule has 1 aromatic carbocycles. The van der Waals surface area contributed by atoms with Crippen LogP contribution in [0.4, 0.5) is 0 Å². The Bertz CT molecular complexity index is 362. The van der Waals surface area contributed by atoms with Gasteiger partial charge in [0.15, 0.2) is 0 Å². The van der Waals surface area contributed by atoms with Crippen molar-refractivity contribution >= 4 is 10.0 Å². The molecule has 0 fully saturated rings. The molecule has 1 N–H and O–H groups in total. The quantitative estimate of drug-likeness (QED) is 0.809. The minimum Gasteiger partial charge on any atom is -0.209 e. The normalized spacial score (nSPS) is 11.9. The molecular formula is C9H15NO2S. The highest BCUT2D eigenvalue weighted by Gasteiger charge is 2.13. The number of rotatable bonds is 3. The molecule has 13 heavy (non-hydrogen) atoms. The summed E-state index contributed by atoms with van der Waals surface area (Å²) in [6, 6.07) is 8.26. The lowest BCUT2D eigenvalue weighted by atomic mass is 10.4. The van der Waals surface area contributed by atoms with E-state index in [1.54, 1.807) is 44.2 Å². The summed E-state index contributed by atoms with van der Waals surface area (Å²) in [7, 11) is -3.31. The second-order valence-corrected chi connectivity index (χ2v) is 4.80. The molecule has 0 aromatic heterocycles. The molecule has 0 aliphatic rings. The molecule has 0 aliphatic heterocycles. The van der Waals surface area contributed by atoms with Gasteiger partial charge in [-0.25, -0.2) is 13.1 Å². The summed E-state index contributed by atoms with van der Waals surface area (Å²) in [5, 5.41) is 0. The molecular weight excluding hydrogens is 186 g/mol. The minimum absolute atomic E-state index is 0. The molecule has 0 unspecified atom stereocenters. The van der Waals surface area contributed by atoms with Gasteiger partial charge < -0.3 is 0 Å². The Balaban J connectivity index is 0.00000169. The fourth-order valence-corrected chi connectivity index (χ4v) is 2.25. The standard InChI is InChI=1S/C9H13NO2S.H2/c1-8(2)10-13(11,12)9-6-4-3-5-7-9;/h3-8,10H,1-2H3;1H/i;1+1. The zero-order valence-electron chi connectivity index (χ0n) is 7.69. The van der Waals surface area contributed by atoms with E-state index >= 15 is 0 Å². The van der Waals surface area contributed by atoms with Crippen molar-refractivity contribution in [3.63, 3.8) is 0 Å². The number of sulfonamides is 1. The summed E-state index contributed by atoms with van der Waals surface area (Å²) in [5.41, 5.74) is 0. The van der Waals surface area contributed by atoms with Gasteiger partial charge in [0.2, 0.25) is 10.0 Å². The van der Waals surface area contributed by atoms with E-state index in [-0.39, 0.29) is 7.47 Å². The fourth-order valence-electron chi connectivity index (χ4n) is 0.978. The SMILES string of the molecule is CC(C)NS(=O)(=O)c1ccccc1.[2HH]. The van der Waals surface area contributed by atoms with E-state index < -0.39 is 10.0 Å². The molecule has 0 atom stereocenters. The van der Waals surface area contributed by atoms with E-state index in [1.807, 2.05) is 0 Å². The van der Waals surface area contributed by atoms with Crippen LogP contribution in [0.3, 0.4) is 0 Å². The van der Waals surface area contributed by atoms with Crippen LogP contribution in [-0.4, -0.2) is 14.5 Å². The first-order valence-corrected chi connectivity index (χ1v) is 5.58. The zero-order chi connectivity index (χ0) is 9.90. The lowest BCUT2D eigenvalue weighted by molar-refractivity contribution is 0.570. The highest BCUT2D eigenvalue weighted by Crippen LogP contribution is 2.07. The van der Waals surface area contributed by atoms with Gasteiger partial charge in [0.25, 0.3) is 0 Å². The first-order chi connectivity index (χ1) is 6.02. The number of nitrogens with one attached hydrogen (secondary N) is 1. The molecule has 0 spiro atoms. The van der Waals surface area contributed by atoms with Gasteiger partial charge in [-0.15, -0.1) is 0 Å². The maximum atomic E-state index is 11.5. The minimum atomic E-state index is -3.31. The van der Waals surface area contributed by atoms with Gasteiger partial charge >= 0.3 is 0 Å². The number of benzene rings is 1. The van der Waals surface area contributed by atoms with Crippen molar-refractivity contribution in [2.75, 3.05) is 0 Å². The van der Waals surface area contributed by atoms with Gasteiger partial charge in [0, 0.05) is 7.47 Å². The molecule has 3 nitrogen and oxygen atoms in total. The Morgan fingerprint density at radius 2 is 1.77 bits per heavy atom. The van der Waals surface area contributed by atoms with Crippen LogP contribution in [0.5, 0.6) is 0 Å². The summed E-state index contributed by atoms with van der Waals surface area (Å²) in [6.07, 6.45) is 0. The Morgan fingerprint density at radius 1 is 1.23 bits per heavy atom. The maximum absolute atomic E-state index is 11.5. The van der Waals surface area contributed by atoms with Crippen LogP contribution in [-0.2, 0) is 10.0 Å². The molecule has 1 aromatic rings. The average Bonchev–Trinajstić information content (AvgIpc) is 2.04. The fraction of sp³-hybridized carbons (Fsp3) is 0.333. The van der Waals surface area contributed by atoms with Gasteiger partial charge in [-0.1, -0.05) is 18.2 Å². The molecule has 0 radical (unpaired) electrons. The lowest BCUT2D eigenvalue weighted by Gasteiger charge is -2.08. The van der Waals surface area contributed by atoms with Crippen molar-refractivity contribution in [3.05, 3.63) is 30.3 Å². The summed E-state index contributed by atoms with van der Waals surface area (Å²) in [5.74, 6) is 0. The van der Waals surface area contributed by atoms with Crippen molar-refractivity contribution in [1.29, 1.82) is 0 Å². The van der Waals surface area contributed by atoms with Crippen LogP contribution in [0.2, 0.25) is 0 Å². The van der Waals surface area contributed by atoms with Crippen molar-refractivity contribution in [1.82, 2.24) is 4.72 Å². The largest absolute Gasteiger partial charge is 0.240 e. The Morgan fingerprint density at radius 3 is 2.23 bits per heavy atom. The first kappa shape index (κ1) is 10.2. The second kappa shape index (κ2) is 3.89. The van der Waals surface area contributed by atoms with Gasteiger partial charge in [0.05, 0.1) is 4.90 Å². The second-order valence-electron chi connectivity index (χ2n) is 3.09. The van der Waals surface area contributed by atoms with E-state index in [9.17, 15) is 8.42 Å². The van der Waals surface area contributed by atoms with E-state index in [0.717, 1.165) is 0 Å². The van der Waals surface area contributed by atoms with E-state index in [4.69, 9.17) is 0 Å². The van der Waals surface area contributed by atoms with Crippen LogP contribution in [0.25, 0.3) is 0 Å². The molecule has 0 bridgehead atoms. The third-order valence-electron chi connectivity index (χ3n) is 1.44. The summed E-state index contributed by atoms with van der Waals surface area (Å²) in [4.78, 5) is 0.309. The van der Waals surface area contributed by atoms with Crippen LogP contribution >= 0.6 is 0 Å². The first-order valence-electron chi connectivity index (χ1n) is 4.10. The Hall–Kier alpha value is -0.870. The van der Waals surface area contributed by atoms with Gasteiger partial charge in [-0.05, 0) is 26.0 Å². The molecule has 0 aliphatic carbocycles. The summed E-state index contributed by atoms with van der Waals surface area (Å²) >= 11 is 0. The van der Waals surface area contributed by atoms with Crippen molar-refractivity contribution in [2.45, 2.75) is 24.8 Å². The van der Waals surface area contributed by atoms with Gasteiger partial charge in [-0.3, -0.25) is 0 Å². The van der Waals surface area contributed by atoms with Crippen LogP contribution in [0, 0.1) is 0 Å². The molecule has 1 rings (SSSR count). The average molecular weight is 202 g/mol. The molecule has 74 valence electrons. The van der Waals surface area contributed by atoms with E-state index in [1.165, 1.54) is 0 Å². The van der Waals surface area contributed by atoms with Crippen LogP contribution in [0.1, 0.15) is 15.3 Å². The lowest BCUT2D eigenvalue weighted by Crippen LogP contribution is -2.30. The topological polar surface area (TPSA) is 46.2 Å². The van der Waals surface area contributed by atoms with Crippen LogP contribution < -0.4 is 4.72 Å². The Labute approximate surface area is 80.3 Å². The van der Waals surface area contributed by atoms with E-state index in [0.29, 0.717) is 4.90 Å². The van der Waals surface area contributed by atoms with E-state index in [2.05, 4.69) is 4.72 Å². The maximum Gasteiger partial charge on any atom is 0.240 e. The molecule has 4 heteroatoms. The van der Waals surface area contributed by atoms with Crippen molar-refractivity contribution in [2.24, 2.45) is 0 Å². The highest BCUT2D eigenvalue weighted by molar-refractivity contribution is 7.89. The molecule has 0 heterocycles. The third-order valence-corrected chi connectivity index (χ3v) is 3.12. The van der Waals surface area contributed by atoms with Crippen LogP contribution in [0.15, 0.2) is 35.2 Å². The molecule has 0 amide bonds. The molecule has 0 saturated carbocycles. The van der Waals surface area contributed by atoms with Crippen molar-refractivity contribution < 1.29 is 9.84 Å². The number of hydrogen-bond acceptors (Lipinski definition) is 2. The van der Waals surface area contributed by atoms with Gasteiger partial charge in [0.1, 0.15) is 0 Å². The third kappa shape index (κ3) is 2.82. The van der Waals surface area contributed by atoms with Gasteiger partial charge in [-0.2, -0.15) is 0 Å².